The maximum Gasteiger partial charge on any atom is 0.121 e. The first-order chi connectivity index (χ1) is 8.58. The van der Waals surface area contributed by atoms with Gasteiger partial charge in [0.15, 0.2) is 0 Å². The molecule has 4 heteroatoms. The van der Waals surface area contributed by atoms with Crippen molar-refractivity contribution in [3.05, 3.63) is 18.2 Å². The third-order valence-corrected chi connectivity index (χ3v) is 2.91. The van der Waals surface area contributed by atoms with Crippen LogP contribution >= 0.6 is 0 Å². The molecule has 4 nitrogen and oxygen atoms in total. The summed E-state index contributed by atoms with van der Waals surface area (Å²) in [5.74, 6) is 1.26. The summed E-state index contributed by atoms with van der Waals surface area (Å²) in [5, 5.41) is 3.43. The van der Waals surface area contributed by atoms with Gasteiger partial charge in [-0.25, -0.2) is 0 Å². The zero-order valence-electron chi connectivity index (χ0n) is 11.7. The fourth-order valence-electron chi connectivity index (χ4n) is 1.63. The van der Waals surface area contributed by atoms with E-state index in [2.05, 4.69) is 19.2 Å². The Labute approximate surface area is 109 Å². The average Bonchev–Trinajstić information content (AvgIpc) is 2.36. The summed E-state index contributed by atoms with van der Waals surface area (Å²) >= 11 is 0. The molecule has 1 aromatic rings. The molecule has 0 aromatic heterocycles. The van der Waals surface area contributed by atoms with Crippen LogP contribution in [0.2, 0.25) is 0 Å². The molecule has 0 saturated carbocycles. The standard InChI is InChI=1S/C14H24N2O2/c1-5-18-9-14(10(2)3)16-13-8-11(17-4)6-7-12(13)15/h6-8,10,14,16H,5,9,15H2,1-4H3. The van der Waals surface area contributed by atoms with Crippen LogP contribution in [0.15, 0.2) is 18.2 Å². The van der Waals surface area contributed by atoms with Gasteiger partial charge in [0.25, 0.3) is 0 Å². The SMILES string of the molecule is CCOCC(Nc1cc(OC)ccc1N)C(C)C. The van der Waals surface area contributed by atoms with E-state index in [-0.39, 0.29) is 6.04 Å². The van der Waals surface area contributed by atoms with Gasteiger partial charge >= 0.3 is 0 Å². The molecule has 0 aliphatic carbocycles. The van der Waals surface area contributed by atoms with Gasteiger partial charge in [-0.3, -0.25) is 0 Å². The molecule has 1 unspecified atom stereocenters. The molecule has 18 heavy (non-hydrogen) atoms. The van der Waals surface area contributed by atoms with Crippen LogP contribution in [-0.4, -0.2) is 26.4 Å². The summed E-state index contributed by atoms with van der Waals surface area (Å²) in [5.41, 5.74) is 7.58. The van der Waals surface area contributed by atoms with Crippen LogP contribution < -0.4 is 15.8 Å². The lowest BCUT2D eigenvalue weighted by atomic mass is 10.0. The van der Waals surface area contributed by atoms with Gasteiger partial charge in [0.2, 0.25) is 0 Å². The molecular formula is C14H24N2O2. The first kappa shape index (κ1) is 14.6. The van der Waals surface area contributed by atoms with Crippen LogP contribution in [0.4, 0.5) is 11.4 Å². The van der Waals surface area contributed by atoms with Gasteiger partial charge in [0.05, 0.1) is 31.1 Å². The maximum absolute atomic E-state index is 5.96. The molecular weight excluding hydrogens is 228 g/mol. The quantitative estimate of drug-likeness (QED) is 0.733. The van der Waals surface area contributed by atoms with E-state index in [1.54, 1.807) is 7.11 Å². The van der Waals surface area contributed by atoms with Crippen LogP contribution in [0.1, 0.15) is 20.8 Å². The highest BCUT2D eigenvalue weighted by Gasteiger charge is 2.14. The molecule has 0 saturated heterocycles. The number of anilines is 2. The molecule has 0 fully saturated rings. The molecule has 0 bridgehead atoms. The Morgan fingerprint density at radius 3 is 2.61 bits per heavy atom. The number of benzene rings is 1. The van der Waals surface area contributed by atoms with E-state index >= 15 is 0 Å². The molecule has 1 aromatic carbocycles. The lowest BCUT2D eigenvalue weighted by Crippen LogP contribution is -2.31. The molecule has 0 aliphatic rings. The highest BCUT2D eigenvalue weighted by atomic mass is 16.5. The summed E-state index contributed by atoms with van der Waals surface area (Å²) in [6, 6.07) is 5.85. The topological polar surface area (TPSA) is 56.5 Å². The van der Waals surface area contributed by atoms with E-state index < -0.39 is 0 Å². The van der Waals surface area contributed by atoms with Crippen molar-refractivity contribution in [1.29, 1.82) is 0 Å². The molecule has 0 spiro atoms. The number of nitrogen functional groups attached to an aromatic ring is 1. The summed E-state index contributed by atoms with van der Waals surface area (Å²) < 4.78 is 10.7. The maximum atomic E-state index is 5.96. The Balaban J connectivity index is 2.78. The number of hydrogen-bond donors (Lipinski definition) is 2. The van der Waals surface area contributed by atoms with Crippen LogP contribution in [-0.2, 0) is 4.74 Å². The highest BCUT2D eigenvalue weighted by molar-refractivity contribution is 5.68. The number of methoxy groups -OCH3 is 1. The van der Waals surface area contributed by atoms with Gasteiger partial charge in [0.1, 0.15) is 5.75 Å². The number of nitrogens with two attached hydrogens (primary N) is 1. The van der Waals surface area contributed by atoms with Crippen LogP contribution in [0.5, 0.6) is 5.75 Å². The number of rotatable bonds is 7. The Hall–Kier alpha value is -1.42. The minimum Gasteiger partial charge on any atom is -0.497 e. The van der Waals surface area contributed by atoms with Crippen molar-refractivity contribution in [1.82, 2.24) is 0 Å². The molecule has 1 atom stereocenters. The summed E-state index contributed by atoms with van der Waals surface area (Å²) in [6.45, 7) is 7.71. The van der Waals surface area contributed by atoms with Crippen molar-refractivity contribution in [2.45, 2.75) is 26.8 Å². The summed E-state index contributed by atoms with van der Waals surface area (Å²) in [4.78, 5) is 0. The Morgan fingerprint density at radius 2 is 2.06 bits per heavy atom. The van der Waals surface area contributed by atoms with Gasteiger partial charge in [-0.1, -0.05) is 13.8 Å². The normalized spacial score (nSPS) is 12.5. The molecule has 0 amide bonds. The fraction of sp³-hybridized carbons (Fsp3) is 0.571. The monoisotopic (exact) mass is 252 g/mol. The van der Waals surface area contributed by atoms with Gasteiger partial charge in [0, 0.05) is 12.7 Å². The van der Waals surface area contributed by atoms with Crippen molar-refractivity contribution in [3.8, 4) is 5.75 Å². The van der Waals surface area contributed by atoms with Crippen LogP contribution in [0.25, 0.3) is 0 Å². The predicted octanol–water partition coefficient (Wildman–Crippen LogP) is 2.75. The number of ether oxygens (including phenoxy) is 2. The first-order valence-corrected chi connectivity index (χ1v) is 6.36. The minimum atomic E-state index is 0.236. The Morgan fingerprint density at radius 1 is 1.33 bits per heavy atom. The second kappa shape index (κ2) is 7.11. The third kappa shape index (κ3) is 4.11. The molecule has 0 aliphatic heterocycles. The lowest BCUT2D eigenvalue weighted by Gasteiger charge is -2.24. The van der Waals surface area contributed by atoms with Crippen molar-refractivity contribution < 1.29 is 9.47 Å². The summed E-state index contributed by atoms with van der Waals surface area (Å²) in [6.07, 6.45) is 0. The number of nitrogens with one attached hydrogen (secondary N) is 1. The van der Waals surface area contributed by atoms with E-state index in [0.717, 1.165) is 23.7 Å². The van der Waals surface area contributed by atoms with E-state index in [9.17, 15) is 0 Å². The van der Waals surface area contributed by atoms with Crippen molar-refractivity contribution in [2.24, 2.45) is 5.92 Å². The van der Waals surface area contributed by atoms with Crippen LogP contribution in [0.3, 0.4) is 0 Å². The fourth-order valence-corrected chi connectivity index (χ4v) is 1.63. The van der Waals surface area contributed by atoms with Gasteiger partial charge in [-0.2, -0.15) is 0 Å². The first-order valence-electron chi connectivity index (χ1n) is 6.36. The third-order valence-electron chi connectivity index (χ3n) is 2.91. The van der Waals surface area contributed by atoms with Crippen molar-refractivity contribution in [3.63, 3.8) is 0 Å². The summed E-state index contributed by atoms with van der Waals surface area (Å²) in [7, 11) is 1.65. The largest absolute Gasteiger partial charge is 0.497 e. The molecule has 1 rings (SSSR count). The lowest BCUT2D eigenvalue weighted by molar-refractivity contribution is 0.127. The minimum absolute atomic E-state index is 0.236. The van der Waals surface area contributed by atoms with E-state index in [1.165, 1.54) is 0 Å². The zero-order valence-corrected chi connectivity index (χ0v) is 11.7. The molecule has 0 heterocycles. The van der Waals surface area contributed by atoms with E-state index in [4.69, 9.17) is 15.2 Å². The highest BCUT2D eigenvalue weighted by Crippen LogP contribution is 2.26. The van der Waals surface area contributed by atoms with Crippen molar-refractivity contribution in [2.75, 3.05) is 31.4 Å². The van der Waals surface area contributed by atoms with Gasteiger partial charge in [-0.15, -0.1) is 0 Å². The second-order valence-electron chi connectivity index (χ2n) is 4.61. The van der Waals surface area contributed by atoms with Gasteiger partial charge in [-0.05, 0) is 25.0 Å². The van der Waals surface area contributed by atoms with E-state index in [1.807, 2.05) is 25.1 Å². The second-order valence-corrected chi connectivity index (χ2v) is 4.61. The number of hydrogen-bond acceptors (Lipinski definition) is 4. The Kier molecular flexibility index (Phi) is 5.78. The zero-order chi connectivity index (χ0) is 13.5. The van der Waals surface area contributed by atoms with Crippen LogP contribution in [0, 0.1) is 5.92 Å². The Bertz CT molecular complexity index is 367. The van der Waals surface area contributed by atoms with Crippen molar-refractivity contribution >= 4 is 11.4 Å². The molecule has 102 valence electrons. The average molecular weight is 252 g/mol. The van der Waals surface area contributed by atoms with Gasteiger partial charge < -0.3 is 20.5 Å². The van der Waals surface area contributed by atoms with E-state index in [0.29, 0.717) is 12.5 Å². The molecule has 0 radical (unpaired) electrons. The predicted molar refractivity (Wildman–Crippen MR) is 76.1 cm³/mol. The molecule has 3 N–H and O–H groups in total. The smallest absolute Gasteiger partial charge is 0.121 e.